The van der Waals surface area contributed by atoms with Gasteiger partial charge in [0, 0.05) is 36.2 Å². The number of carboxylic acid groups (broad SMARTS) is 1. The molecule has 2 aliphatic rings. The Kier molecular flexibility index (Phi) is 12.4. The van der Waals surface area contributed by atoms with Gasteiger partial charge in [0.25, 0.3) is 15.9 Å². The molecule has 326 valence electrons. The largest absolute Gasteiger partial charge is 0.480 e. The molecule has 2 amide bonds. The van der Waals surface area contributed by atoms with Crippen LogP contribution in [-0.2, 0) is 43.8 Å². The van der Waals surface area contributed by atoms with Crippen LogP contribution in [0.25, 0.3) is 11.1 Å². The van der Waals surface area contributed by atoms with Gasteiger partial charge in [0.1, 0.15) is 23.6 Å². The van der Waals surface area contributed by atoms with Crippen LogP contribution in [-0.4, -0.2) is 59.7 Å². The van der Waals surface area contributed by atoms with Crippen molar-refractivity contribution in [1.82, 2.24) is 14.6 Å². The predicted octanol–water partition coefficient (Wildman–Crippen LogP) is 7.57. The number of nitrogens with two attached hydrogens (primary N) is 1. The van der Waals surface area contributed by atoms with E-state index in [1.807, 2.05) is 24.3 Å². The minimum atomic E-state index is -4.44. The summed E-state index contributed by atoms with van der Waals surface area (Å²) < 4.78 is 42.0. The van der Waals surface area contributed by atoms with Crippen molar-refractivity contribution < 1.29 is 37.4 Å². The van der Waals surface area contributed by atoms with Gasteiger partial charge >= 0.3 is 5.97 Å². The first kappa shape index (κ1) is 44.1. The van der Waals surface area contributed by atoms with Crippen molar-refractivity contribution in [2.45, 2.75) is 54.3 Å². The molecule has 2 aliphatic heterocycles. The zero-order chi connectivity index (χ0) is 45.4. The number of likely N-dealkylation sites (N-methyl/N-ethyl adjacent to an activating group) is 1. The number of amides is 2. The minimum Gasteiger partial charge on any atom is -0.480 e. The molecule has 0 saturated carbocycles. The Balaban J connectivity index is 1.05. The second-order valence-electron chi connectivity index (χ2n) is 15.2. The maximum Gasteiger partial charge on any atom is 0.326 e. The van der Waals surface area contributed by atoms with E-state index in [4.69, 9.17) is 43.7 Å². The van der Waals surface area contributed by atoms with Crippen molar-refractivity contribution in [2.75, 3.05) is 17.7 Å². The fraction of sp³-hybridized carbons (Fsp3) is 0.196. The lowest BCUT2D eigenvalue weighted by molar-refractivity contribution is -0.142. The standard InChI is InChI=1S/C46H38Cl2N6O8S2/c1-25-45(63-46(50)51-25)64(59,60)54-24-33-22-39-37(53(2)43(56)40(62-39)30-14-16-35(17-15-30)61-41(48)31-4-3-5-34(47)19-31)20-32(33)21-38(54)42(55)52-36(44(57)58)18-26-6-10-28(11-7-26)29-12-8-27(23-49)9-13-29/h3-17,19-20,22,36,38,40-41H,18,21,24H2,1-2H3,(H2,50,51)(H,52,55)(H,57,58)/t36-,38?,40-,41?/m0/s1. The van der Waals surface area contributed by atoms with Crippen molar-refractivity contribution in [3.63, 3.8) is 0 Å². The summed E-state index contributed by atoms with van der Waals surface area (Å²) in [6, 6.07) is 30.5. The molecule has 3 heterocycles. The summed E-state index contributed by atoms with van der Waals surface area (Å²) in [5.41, 5.74) is 10.8. The number of hydrogen-bond acceptors (Lipinski definition) is 11. The van der Waals surface area contributed by atoms with Gasteiger partial charge in [-0.1, -0.05) is 95.2 Å². The first-order valence-electron chi connectivity index (χ1n) is 19.7. The SMILES string of the molecule is Cc1nc(N)sc1S(=O)(=O)N1Cc2cc3c(cc2CC1C(=O)N[C@@H](Cc1ccc(-c2ccc(C#N)cc2)cc1)C(=O)O)N(C)C(=O)[C@H](c1ccc(OC(Cl)c2cccc(Cl)c2)cc1)O3. The number of aromatic nitrogens is 1. The van der Waals surface area contributed by atoms with Gasteiger partial charge in [-0.15, -0.1) is 0 Å². The summed E-state index contributed by atoms with van der Waals surface area (Å²) in [5.74, 6) is -1.77. The van der Waals surface area contributed by atoms with E-state index in [2.05, 4.69) is 16.4 Å². The molecule has 18 heteroatoms. The molecule has 4 atom stereocenters. The first-order valence-corrected chi connectivity index (χ1v) is 22.8. The summed E-state index contributed by atoms with van der Waals surface area (Å²) in [6.07, 6.45) is -1.31. The molecule has 14 nitrogen and oxygen atoms in total. The number of nitrogens with one attached hydrogen (secondary N) is 1. The number of nitrogens with zero attached hydrogens (tertiary/aromatic N) is 4. The number of alkyl halides is 1. The van der Waals surface area contributed by atoms with Gasteiger partial charge in [0.15, 0.2) is 14.9 Å². The number of rotatable bonds is 12. The highest BCUT2D eigenvalue weighted by molar-refractivity contribution is 7.91. The molecule has 0 saturated heterocycles. The average molecular weight is 938 g/mol. The maximum absolute atomic E-state index is 14.5. The van der Waals surface area contributed by atoms with E-state index in [1.165, 1.54) is 11.8 Å². The zero-order valence-electron chi connectivity index (χ0n) is 34.1. The number of aliphatic carboxylic acids is 1. The van der Waals surface area contributed by atoms with E-state index in [9.17, 15) is 27.9 Å². The monoisotopic (exact) mass is 936 g/mol. The number of anilines is 2. The Bertz CT molecular complexity index is 2940. The molecule has 5 aromatic carbocycles. The number of ether oxygens (including phenoxy) is 2. The third-order valence-corrected chi connectivity index (χ3v) is 15.0. The predicted molar refractivity (Wildman–Crippen MR) is 242 cm³/mol. The van der Waals surface area contributed by atoms with E-state index in [0.717, 1.165) is 26.8 Å². The van der Waals surface area contributed by atoms with E-state index in [1.54, 1.807) is 92.0 Å². The summed E-state index contributed by atoms with van der Waals surface area (Å²) in [4.78, 5) is 46.3. The van der Waals surface area contributed by atoms with E-state index in [-0.39, 0.29) is 40.3 Å². The number of sulfonamides is 1. The van der Waals surface area contributed by atoms with Crippen LogP contribution in [0.5, 0.6) is 11.5 Å². The number of aryl methyl sites for hydroxylation is 1. The lowest BCUT2D eigenvalue weighted by atomic mass is 9.93. The number of nitrogen functional groups attached to an aromatic ring is 1. The lowest BCUT2D eigenvalue weighted by Gasteiger charge is -2.38. The Morgan fingerprint density at radius 1 is 1.03 bits per heavy atom. The van der Waals surface area contributed by atoms with Crippen LogP contribution in [0.3, 0.4) is 0 Å². The number of benzene rings is 5. The molecule has 6 aromatic rings. The third-order valence-electron chi connectivity index (χ3n) is 11.0. The molecule has 0 fully saturated rings. The normalized spacial score (nSPS) is 17.0. The van der Waals surface area contributed by atoms with Crippen LogP contribution < -0.4 is 25.4 Å². The number of carbonyl (C=O) groups excluding carboxylic acids is 2. The Morgan fingerprint density at radius 3 is 2.34 bits per heavy atom. The molecule has 1 aromatic heterocycles. The van der Waals surface area contributed by atoms with E-state index >= 15 is 0 Å². The Hall–Kier alpha value is -6.48. The molecule has 0 bridgehead atoms. The van der Waals surface area contributed by atoms with Crippen molar-refractivity contribution >= 4 is 73.2 Å². The smallest absolute Gasteiger partial charge is 0.326 e. The van der Waals surface area contributed by atoms with Crippen LogP contribution in [0, 0.1) is 18.3 Å². The van der Waals surface area contributed by atoms with E-state index in [0.29, 0.717) is 55.6 Å². The Labute approximate surface area is 382 Å². The number of thiazole rings is 1. The molecule has 8 rings (SSSR count). The van der Waals surface area contributed by atoms with Crippen LogP contribution >= 0.6 is 34.5 Å². The summed E-state index contributed by atoms with van der Waals surface area (Å²) in [5, 5.41) is 22.6. The fourth-order valence-electron chi connectivity index (χ4n) is 7.67. The molecule has 0 aliphatic carbocycles. The minimum absolute atomic E-state index is 0.0232. The Morgan fingerprint density at radius 2 is 1.72 bits per heavy atom. The third kappa shape index (κ3) is 8.99. The summed E-state index contributed by atoms with van der Waals surface area (Å²) >= 11 is 13.4. The van der Waals surface area contributed by atoms with Gasteiger partial charge in [0.2, 0.25) is 12.0 Å². The number of halogens is 2. The van der Waals surface area contributed by atoms with Crippen LogP contribution in [0.15, 0.2) is 113 Å². The van der Waals surface area contributed by atoms with Crippen molar-refractivity contribution in [2.24, 2.45) is 0 Å². The number of nitriles is 1. The molecule has 0 spiro atoms. The van der Waals surface area contributed by atoms with Gasteiger partial charge in [-0.3, -0.25) is 9.59 Å². The molecule has 2 unspecified atom stereocenters. The van der Waals surface area contributed by atoms with Crippen LogP contribution in [0.2, 0.25) is 5.02 Å². The van der Waals surface area contributed by atoms with Crippen molar-refractivity contribution in [1.29, 1.82) is 5.26 Å². The van der Waals surface area contributed by atoms with Gasteiger partial charge in [-0.25, -0.2) is 18.2 Å². The highest BCUT2D eigenvalue weighted by atomic mass is 35.5. The lowest BCUT2D eigenvalue weighted by Crippen LogP contribution is -2.55. The van der Waals surface area contributed by atoms with E-state index < -0.39 is 45.7 Å². The second kappa shape index (κ2) is 17.9. The van der Waals surface area contributed by atoms with Gasteiger partial charge in [-0.2, -0.15) is 9.57 Å². The zero-order valence-corrected chi connectivity index (χ0v) is 37.2. The van der Waals surface area contributed by atoms with Crippen LogP contribution in [0.4, 0.5) is 10.8 Å². The highest BCUT2D eigenvalue weighted by Gasteiger charge is 2.44. The molecular formula is C46H38Cl2N6O8S2. The van der Waals surface area contributed by atoms with Gasteiger partial charge in [-0.05, 0) is 89.7 Å². The number of carboxylic acids is 1. The fourth-order valence-corrected chi connectivity index (χ4v) is 11.1. The quantitative estimate of drug-likeness (QED) is 0.102. The number of carbonyl (C=O) groups is 3. The molecule has 0 radical (unpaired) electrons. The molecule has 64 heavy (non-hydrogen) atoms. The molecular weight excluding hydrogens is 900 g/mol. The first-order chi connectivity index (χ1) is 30.6. The van der Waals surface area contributed by atoms with Gasteiger partial charge < -0.3 is 30.5 Å². The highest BCUT2D eigenvalue weighted by Crippen LogP contribution is 2.43. The van der Waals surface area contributed by atoms with Crippen molar-refractivity contribution in [3.8, 4) is 28.7 Å². The molecule has 4 N–H and O–H groups in total. The number of fused-ring (bicyclic) bond motifs is 2. The van der Waals surface area contributed by atoms with Gasteiger partial charge in [0.05, 0.1) is 23.0 Å². The summed E-state index contributed by atoms with van der Waals surface area (Å²) in [6.45, 7) is 1.21. The topological polar surface area (TPSA) is 205 Å². The van der Waals surface area contributed by atoms with Crippen LogP contribution in [0.1, 0.15) is 50.7 Å². The van der Waals surface area contributed by atoms with Crippen molar-refractivity contribution in [3.05, 3.63) is 153 Å². The number of hydrogen-bond donors (Lipinski definition) is 3. The maximum atomic E-state index is 14.5. The second-order valence-corrected chi connectivity index (χ2v) is 19.2. The summed E-state index contributed by atoms with van der Waals surface area (Å²) in [7, 11) is -2.84. The average Bonchev–Trinajstić information content (AvgIpc) is 3.64.